The van der Waals surface area contributed by atoms with Crippen molar-refractivity contribution in [1.82, 2.24) is 19.7 Å². The predicted octanol–water partition coefficient (Wildman–Crippen LogP) is 4.77. The maximum absolute atomic E-state index is 13.5. The van der Waals surface area contributed by atoms with Crippen LogP contribution in [-0.4, -0.2) is 31.6 Å². The van der Waals surface area contributed by atoms with E-state index in [1.54, 1.807) is 23.4 Å². The summed E-state index contributed by atoms with van der Waals surface area (Å²) in [6, 6.07) is 3.66. The Kier molecular flexibility index (Phi) is 6.42. The van der Waals surface area contributed by atoms with E-state index < -0.39 is 18.0 Å². The molecule has 3 rings (SSSR count). The second kappa shape index (κ2) is 8.78. The highest BCUT2D eigenvalue weighted by Crippen LogP contribution is 2.31. The molecule has 2 aromatic rings. The van der Waals surface area contributed by atoms with E-state index in [4.69, 9.17) is 11.6 Å². The molecule has 1 saturated carbocycles. The van der Waals surface area contributed by atoms with Crippen LogP contribution in [0.15, 0.2) is 24.5 Å². The van der Waals surface area contributed by atoms with E-state index in [1.807, 2.05) is 6.07 Å². The van der Waals surface area contributed by atoms with Crippen LogP contribution in [0.4, 0.5) is 8.78 Å². The highest BCUT2D eigenvalue weighted by molar-refractivity contribution is 6.33. The second-order valence-corrected chi connectivity index (χ2v) is 7.27. The van der Waals surface area contributed by atoms with Gasteiger partial charge in [-0.1, -0.05) is 43.4 Å². The molecular weight excluding hydrogens is 374 g/mol. The number of nitrogens with zero attached hydrogens (tertiary/aromatic N) is 4. The van der Waals surface area contributed by atoms with Crippen LogP contribution in [0, 0.1) is 0 Å². The van der Waals surface area contributed by atoms with Gasteiger partial charge in [-0.05, 0) is 24.5 Å². The standard InChI is InChI=1S/C19H23ClF2N4O/c1-25-17(20)15(16(24-25)18(21)22)19(27)26(12-13-7-6-10-23-11-13)14-8-4-2-3-5-9-14/h6-7,10-11,14,18H,2-5,8-9,12H2,1H3. The van der Waals surface area contributed by atoms with E-state index in [2.05, 4.69) is 10.1 Å². The van der Waals surface area contributed by atoms with Gasteiger partial charge in [-0.2, -0.15) is 5.10 Å². The number of rotatable bonds is 5. The molecular formula is C19H23ClF2N4O. The van der Waals surface area contributed by atoms with Gasteiger partial charge in [0.2, 0.25) is 0 Å². The summed E-state index contributed by atoms with van der Waals surface area (Å²) < 4.78 is 28.1. The molecule has 2 aromatic heterocycles. The van der Waals surface area contributed by atoms with Crippen molar-refractivity contribution < 1.29 is 13.6 Å². The smallest absolute Gasteiger partial charge is 0.283 e. The van der Waals surface area contributed by atoms with Crippen LogP contribution >= 0.6 is 11.6 Å². The molecule has 0 atom stereocenters. The minimum atomic E-state index is -2.86. The molecule has 146 valence electrons. The number of carbonyl (C=O) groups is 1. The lowest BCUT2D eigenvalue weighted by atomic mass is 10.0. The third kappa shape index (κ3) is 4.46. The number of carbonyl (C=O) groups excluding carboxylic acids is 1. The molecule has 0 unspecified atom stereocenters. The zero-order valence-corrected chi connectivity index (χ0v) is 16.0. The van der Waals surface area contributed by atoms with Gasteiger partial charge in [0.15, 0.2) is 0 Å². The van der Waals surface area contributed by atoms with Crippen molar-refractivity contribution in [2.24, 2.45) is 7.05 Å². The molecule has 0 radical (unpaired) electrons. The lowest BCUT2D eigenvalue weighted by Crippen LogP contribution is -2.40. The first-order valence-electron chi connectivity index (χ1n) is 9.19. The molecule has 8 heteroatoms. The van der Waals surface area contributed by atoms with Crippen molar-refractivity contribution in [3.05, 3.63) is 46.5 Å². The number of halogens is 3. The number of aryl methyl sites for hydroxylation is 1. The van der Waals surface area contributed by atoms with Gasteiger partial charge in [-0.25, -0.2) is 8.78 Å². The molecule has 1 fully saturated rings. The Bertz CT molecular complexity index is 774. The first-order chi connectivity index (χ1) is 13.0. The van der Waals surface area contributed by atoms with Crippen molar-refractivity contribution in [2.75, 3.05) is 0 Å². The molecule has 5 nitrogen and oxygen atoms in total. The summed E-state index contributed by atoms with van der Waals surface area (Å²) >= 11 is 6.18. The molecule has 0 N–H and O–H groups in total. The fourth-order valence-electron chi connectivity index (χ4n) is 3.64. The monoisotopic (exact) mass is 396 g/mol. The number of hydrogen-bond acceptors (Lipinski definition) is 3. The Labute approximate surface area is 162 Å². The van der Waals surface area contributed by atoms with Crippen LogP contribution in [0.5, 0.6) is 0 Å². The molecule has 1 aliphatic rings. The average molecular weight is 397 g/mol. The Morgan fingerprint density at radius 3 is 2.63 bits per heavy atom. The highest BCUT2D eigenvalue weighted by Gasteiger charge is 2.33. The molecule has 0 aliphatic heterocycles. The molecule has 0 bridgehead atoms. The van der Waals surface area contributed by atoms with E-state index >= 15 is 0 Å². The third-order valence-corrected chi connectivity index (χ3v) is 5.46. The van der Waals surface area contributed by atoms with Gasteiger partial charge in [0.25, 0.3) is 12.3 Å². The SMILES string of the molecule is Cn1nc(C(F)F)c(C(=O)N(Cc2cccnc2)C2CCCCCC2)c1Cl. The molecule has 1 aliphatic carbocycles. The van der Waals surface area contributed by atoms with Crippen molar-refractivity contribution in [1.29, 1.82) is 0 Å². The van der Waals surface area contributed by atoms with E-state index in [1.165, 1.54) is 7.05 Å². The Hall–Kier alpha value is -2.02. The molecule has 0 aromatic carbocycles. The lowest BCUT2D eigenvalue weighted by Gasteiger charge is -2.31. The maximum Gasteiger partial charge on any atom is 0.283 e. The lowest BCUT2D eigenvalue weighted by molar-refractivity contribution is 0.0630. The average Bonchev–Trinajstić information content (AvgIpc) is 2.83. The van der Waals surface area contributed by atoms with Gasteiger partial charge < -0.3 is 4.90 Å². The Morgan fingerprint density at radius 2 is 2.04 bits per heavy atom. The molecule has 2 heterocycles. The number of amides is 1. The van der Waals surface area contributed by atoms with Crippen LogP contribution in [0.1, 0.15) is 66.6 Å². The fourth-order valence-corrected chi connectivity index (χ4v) is 3.86. The number of aromatic nitrogens is 3. The summed E-state index contributed by atoms with van der Waals surface area (Å²) in [6.45, 7) is 0.311. The van der Waals surface area contributed by atoms with E-state index in [0.29, 0.717) is 6.54 Å². The van der Waals surface area contributed by atoms with Gasteiger partial charge >= 0.3 is 0 Å². The first kappa shape index (κ1) is 19.7. The molecule has 0 spiro atoms. The number of pyridine rings is 1. The van der Waals surface area contributed by atoms with Gasteiger partial charge in [0, 0.05) is 32.0 Å². The largest absolute Gasteiger partial charge is 0.331 e. The van der Waals surface area contributed by atoms with Crippen LogP contribution in [0.2, 0.25) is 5.15 Å². The summed E-state index contributed by atoms with van der Waals surface area (Å²) in [4.78, 5) is 19.1. The first-order valence-corrected chi connectivity index (χ1v) is 9.57. The van der Waals surface area contributed by atoms with E-state index in [-0.39, 0.29) is 16.8 Å². The van der Waals surface area contributed by atoms with E-state index in [0.717, 1.165) is 48.8 Å². The van der Waals surface area contributed by atoms with Crippen LogP contribution in [-0.2, 0) is 13.6 Å². The molecule has 1 amide bonds. The van der Waals surface area contributed by atoms with Crippen molar-refractivity contribution in [3.63, 3.8) is 0 Å². The molecule has 0 saturated heterocycles. The Balaban J connectivity index is 1.98. The highest BCUT2D eigenvalue weighted by atomic mass is 35.5. The predicted molar refractivity (Wildman–Crippen MR) is 98.8 cm³/mol. The van der Waals surface area contributed by atoms with Gasteiger partial charge in [-0.15, -0.1) is 0 Å². The summed E-state index contributed by atoms with van der Waals surface area (Å²) in [5.74, 6) is -0.487. The van der Waals surface area contributed by atoms with Crippen LogP contribution < -0.4 is 0 Å². The van der Waals surface area contributed by atoms with Crippen LogP contribution in [0.3, 0.4) is 0 Å². The van der Waals surface area contributed by atoms with Crippen molar-refractivity contribution in [2.45, 2.75) is 57.5 Å². The zero-order chi connectivity index (χ0) is 19.4. The normalized spacial score (nSPS) is 15.7. The minimum Gasteiger partial charge on any atom is -0.331 e. The second-order valence-electron chi connectivity index (χ2n) is 6.92. The Morgan fingerprint density at radius 1 is 1.33 bits per heavy atom. The number of hydrogen-bond donors (Lipinski definition) is 0. The van der Waals surface area contributed by atoms with Crippen LogP contribution in [0.25, 0.3) is 0 Å². The van der Waals surface area contributed by atoms with Crippen molar-refractivity contribution in [3.8, 4) is 0 Å². The topological polar surface area (TPSA) is 51.0 Å². The van der Waals surface area contributed by atoms with Gasteiger partial charge in [0.1, 0.15) is 16.4 Å². The summed E-state index contributed by atoms with van der Waals surface area (Å²) in [6.07, 6.45) is 6.49. The quantitative estimate of drug-likeness (QED) is 0.684. The number of alkyl halides is 2. The minimum absolute atomic E-state index is 0.0120. The fraction of sp³-hybridized carbons (Fsp3) is 0.526. The molecule has 27 heavy (non-hydrogen) atoms. The summed E-state index contributed by atoms with van der Waals surface area (Å²) in [5.41, 5.74) is 0.105. The van der Waals surface area contributed by atoms with Crippen molar-refractivity contribution >= 4 is 17.5 Å². The zero-order valence-electron chi connectivity index (χ0n) is 15.2. The summed E-state index contributed by atoms with van der Waals surface area (Å²) in [7, 11) is 1.46. The third-order valence-electron chi connectivity index (χ3n) is 5.03. The maximum atomic E-state index is 13.5. The van der Waals surface area contributed by atoms with Gasteiger partial charge in [-0.3, -0.25) is 14.5 Å². The summed E-state index contributed by atoms with van der Waals surface area (Å²) in [5, 5.41) is 3.70. The van der Waals surface area contributed by atoms with E-state index in [9.17, 15) is 13.6 Å². The van der Waals surface area contributed by atoms with Gasteiger partial charge in [0.05, 0.1) is 0 Å².